The van der Waals surface area contributed by atoms with Gasteiger partial charge in [0.05, 0.1) is 16.6 Å². The Balaban J connectivity index is 1.98. The molecule has 0 bridgehead atoms. The summed E-state index contributed by atoms with van der Waals surface area (Å²) in [6.45, 7) is 1.13. The van der Waals surface area contributed by atoms with E-state index in [1.807, 2.05) is 23.4 Å². The monoisotopic (exact) mass is 313 g/mol. The van der Waals surface area contributed by atoms with Crippen LogP contribution in [0.2, 0.25) is 10.0 Å². The first-order valence-corrected chi connectivity index (χ1v) is 7.39. The molecular weight excluding hydrogens is 301 g/mol. The number of hydrogen-bond donors (Lipinski definition) is 0. The zero-order valence-electron chi connectivity index (χ0n) is 10.4. The number of hydrogen-bond acceptors (Lipinski definition) is 3. The van der Waals surface area contributed by atoms with Crippen LogP contribution in [0.4, 0.5) is 0 Å². The molecule has 1 aromatic heterocycles. The van der Waals surface area contributed by atoms with Crippen LogP contribution in [-0.2, 0) is 6.54 Å². The van der Waals surface area contributed by atoms with Crippen LogP contribution in [0.25, 0.3) is 0 Å². The molecule has 0 fully saturated rings. The van der Waals surface area contributed by atoms with E-state index in [0.717, 1.165) is 6.54 Å². The molecule has 1 aromatic carbocycles. The second-order valence-corrected chi connectivity index (χ2v) is 6.15. The molecule has 0 aliphatic carbocycles. The predicted octanol–water partition coefficient (Wildman–Crippen LogP) is 4.37. The van der Waals surface area contributed by atoms with Crippen LogP contribution >= 0.6 is 34.5 Å². The lowest BCUT2D eigenvalue weighted by Crippen LogP contribution is -2.25. The van der Waals surface area contributed by atoms with Crippen molar-refractivity contribution in [2.45, 2.75) is 6.54 Å². The van der Waals surface area contributed by atoms with Gasteiger partial charge in [0.15, 0.2) is 5.78 Å². The minimum absolute atomic E-state index is 0.0395. The molecule has 0 atom stereocenters. The van der Waals surface area contributed by atoms with Gasteiger partial charge in [-0.1, -0.05) is 29.3 Å². The summed E-state index contributed by atoms with van der Waals surface area (Å²) in [5, 5.41) is 2.91. The lowest BCUT2D eigenvalue weighted by atomic mass is 10.1. The van der Waals surface area contributed by atoms with Gasteiger partial charge in [-0.3, -0.25) is 9.69 Å². The topological polar surface area (TPSA) is 20.3 Å². The first kappa shape index (κ1) is 14.5. The average Bonchev–Trinajstić information content (AvgIpc) is 2.85. The highest BCUT2D eigenvalue weighted by molar-refractivity contribution is 7.09. The zero-order chi connectivity index (χ0) is 13.8. The van der Waals surface area contributed by atoms with Crippen molar-refractivity contribution in [1.82, 2.24) is 4.90 Å². The summed E-state index contributed by atoms with van der Waals surface area (Å²) in [5.41, 5.74) is 0.590. The van der Waals surface area contributed by atoms with Crippen LogP contribution in [0.5, 0.6) is 0 Å². The number of carbonyl (C=O) groups is 1. The van der Waals surface area contributed by atoms with Gasteiger partial charge < -0.3 is 0 Å². The summed E-state index contributed by atoms with van der Waals surface area (Å²) >= 11 is 13.4. The summed E-state index contributed by atoms with van der Waals surface area (Å²) in [7, 11) is 1.93. The van der Waals surface area contributed by atoms with Crippen LogP contribution in [0, 0.1) is 0 Å². The summed E-state index contributed by atoms with van der Waals surface area (Å²) in [4.78, 5) is 15.3. The fourth-order valence-corrected chi connectivity index (χ4v) is 2.81. The Kier molecular flexibility index (Phi) is 4.99. The molecule has 0 spiro atoms. The molecule has 100 valence electrons. The van der Waals surface area contributed by atoms with Crippen LogP contribution in [0.3, 0.4) is 0 Å². The maximum absolute atomic E-state index is 12.1. The maximum atomic E-state index is 12.1. The highest BCUT2D eigenvalue weighted by Gasteiger charge is 2.11. The molecule has 2 nitrogen and oxygen atoms in total. The van der Waals surface area contributed by atoms with Gasteiger partial charge in [0.25, 0.3) is 0 Å². The Hall–Kier alpha value is -0.870. The third-order valence-corrected chi connectivity index (χ3v) is 4.26. The second-order valence-electron chi connectivity index (χ2n) is 4.30. The molecule has 1 heterocycles. The molecule has 0 saturated carbocycles. The normalized spacial score (nSPS) is 10.9. The summed E-state index contributed by atoms with van der Waals surface area (Å²) in [6, 6.07) is 9.04. The molecule has 0 amide bonds. The number of benzene rings is 1. The minimum Gasteiger partial charge on any atom is -0.294 e. The lowest BCUT2D eigenvalue weighted by molar-refractivity contribution is 0.0943. The van der Waals surface area contributed by atoms with Crippen molar-refractivity contribution >= 4 is 40.3 Å². The van der Waals surface area contributed by atoms with Gasteiger partial charge in [0.1, 0.15) is 0 Å². The summed E-state index contributed by atoms with van der Waals surface area (Å²) in [6.07, 6.45) is 0. The van der Waals surface area contributed by atoms with Crippen LogP contribution in [-0.4, -0.2) is 24.3 Å². The van der Waals surface area contributed by atoms with Gasteiger partial charge in [-0.05, 0) is 36.7 Å². The number of thiophene rings is 1. The van der Waals surface area contributed by atoms with Gasteiger partial charge in [-0.25, -0.2) is 0 Å². The van der Waals surface area contributed by atoms with E-state index in [4.69, 9.17) is 23.2 Å². The Labute approximate surface area is 126 Å². The number of halogens is 2. The van der Waals surface area contributed by atoms with Crippen molar-refractivity contribution in [2.24, 2.45) is 0 Å². The Bertz CT molecular complexity index is 569. The molecule has 0 saturated heterocycles. The van der Waals surface area contributed by atoms with Crippen molar-refractivity contribution in [1.29, 1.82) is 0 Å². The van der Waals surface area contributed by atoms with Crippen LogP contribution < -0.4 is 0 Å². The predicted molar refractivity (Wildman–Crippen MR) is 81.4 cm³/mol. The standard InChI is InChI=1S/C14H13Cl2NOS/c1-17(8-11-3-2-6-19-11)9-14(18)10-4-5-12(15)13(16)7-10/h2-7H,8-9H2,1H3. The van der Waals surface area contributed by atoms with Crippen molar-refractivity contribution in [2.75, 3.05) is 13.6 Å². The summed E-state index contributed by atoms with van der Waals surface area (Å²) in [5.74, 6) is 0.0395. The summed E-state index contributed by atoms with van der Waals surface area (Å²) < 4.78 is 0. The lowest BCUT2D eigenvalue weighted by Gasteiger charge is -2.14. The van der Waals surface area contributed by atoms with E-state index in [2.05, 4.69) is 6.07 Å². The fraction of sp³-hybridized carbons (Fsp3) is 0.214. The largest absolute Gasteiger partial charge is 0.294 e. The maximum Gasteiger partial charge on any atom is 0.176 e. The average molecular weight is 314 g/mol. The first-order valence-electron chi connectivity index (χ1n) is 5.75. The highest BCUT2D eigenvalue weighted by Crippen LogP contribution is 2.23. The van der Waals surface area contributed by atoms with Crippen LogP contribution in [0.15, 0.2) is 35.7 Å². The van der Waals surface area contributed by atoms with Gasteiger partial charge >= 0.3 is 0 Å². The van der Waals surface area contributed by atoms with Gasteiger partial charge in [0, 0.05) is 17.0 Å². The number of rotatable bonds is 5. The van der Waals surface area contributed by atoms with Crippen molar-refractivity contribution < 1.29 is 4.79 Å². The Morgan fingerprint density at radius 1 is 1.26 bits per heavy atom. The third kappa shape index (κ3) is 4.05. The molecule has 0 N–H and O–H groups in total. The van der Waals surface area contributed by atoms with E-state index in [-0.39, 0.29) is 5.78 Å². The number of likely N-dealkylation sites (N-methyl/N-ethyl adjacent to an activating group) is 1. The fourth-order valence-electron chi connectivity index (χ4n) is 1.73. The molecule has 0 aliphatic rings. The zero-order valence-corrected chi connectivity index (χ0v) is 12.7. The molecule has 2 rings (SSSR count). The molecule has 0 unspecified atom stereocenters. The SMILES string of the molecule is CN(CC(=O)c1ccc(Cl)c(Cl)c1)Cc1cccs1. The molecule has 5 heteroatoms. The minimum atomic E-state index is 0.0395. The van der Waals surface area contributed by atoms with E-state index in [1.54, 1.807) is 29.5 Å². The second kappa shape index (κ2) is 6.53. The van der Waals surface area contributed by atoms with Crippen LogP contribution in [0.1, 0.15) is 15.2 Å². The van der Waals surface area contributed by atoms with E-state index in [0.29, 0.717) is 22.2 Å². The number of Topliss-reactive ketones (excluding diaryl/α,β-unsaturated/α-hetero) is 1. The first-order chi connectivity index (χ1) is 9.06. The van der Waals surface area contributed by atoms with E-state index < -0.39 is 0 Å². The molecule has 19 heavy (non-hydrogen) atoms. The molecular formula is C14H13Cl2NOS. The van der Waals surface area contributed by atoms with Gasteiger partial charge in [-0.2, -0.15) is 0 Å². The number of nitrogens with zero attached hydrogens (tertiary/aromatic N) is 1. The quantitative estimate of drug-likeness (QED) is 0.764. The van der Waals surface area contributed by atoms with Gasteiger partial charge in [0.2, 0.25) is 0 Å². The third-order valence-electron chi connectivity index (χ3n) is 2.66. The Morgan fingerprint density at radius 2 is 2.05 bits per heavy atom. The molecule has 2 aromatic rings. The Morgan fingerprint density at radius 3 is 2.68 bits per heavy atom. The van der Waals surface area contributed by atoms with E-state index in [9.17, 15) is 4.79 Å². The smallest absolute Gasteiger partial charge is 0.176 e. The molecule has 0 radical (unpaired) electrons. The molecule has 0 aliphatic heterocycles. The van der Waals surface area contributed by atoms with Crippen molar-refractivity contribution in [3.8, 4) is 0 Å². The van der Waals surface area contributed by atoms with Crippen molar-refractivity contribution in [3.63, 3.8) is 0 Å². The van der Waals surface area contributed by atoms with E-state index >= 15 is 0 Å². The van der Waals surface area contributed by atoms with E-state index in [1.165, 1.54) is 4.88 Å². The van der Waals surface area contributed by atoms with Gasteiger partial charge in [-0.15, -0.1) is 11.3 Å². The highest BCUT2D eigenvalue weighted by atomic mass is 35.5. The number of ketones is 1. The van der Waals surface area contributed by atoms with Crippen molar-refractivity contribution in [3.05, 3.63) is 56.2 Å². The number of carbonyl (C=O) groups excluding carboxylic acids is 1.